The predicted octanol–water partition coefficient (Wildman–Crippen LogP) is 2.77. The van der Waals surface area contributed by atoms with Gasteiger partial charge < -0.3 is 19.7 Å². The van der Waals surface area contributed by atoms with Crippen LogP contribution in [0.5, 0.6) is 0 Å². The summed E-state index contributed by atoms with van der Waals surface area (Å²) in [5, 5.41) is 2.57. The normalized spacial score (nSPS) is 15.6. The third-order valence-electron chi connectivity index (χ3n) is 4.53. The van der Waals surface area contributed by atoms with Crippen molar-refractivity contribution < 1.29 is 28.7 Å². The summed E-state index contributed by atoms with van der Waals surface area (Å²) in [6, 6.07) is 13.3. The van der Waals surface area contributed by atoms with Crippen molar-refractivity contribution >= 4 is 51.1 Å². The molecule has 8 nitrogen and oxygen atoms in total. The van der Waals surface area contributed by atoms with Crippen LogP contribution in [0.2, 0.25) is 0 Å². The van der Waals surface area contributed by atoms with E-state index < -0.39 is 30.4 Å². The number of amides is 2. The molecule has 0 aromatic heterocycles. The van der Waals surface area contributed by atoms with Gasteiger partial charge in [0.15, 0.2) is 6.61 Å². The van der Waals surface area contributed by atoms with E-state index in [0.717, 1.165) is 4.47 Å². The molecule has 9 heteroatoms. The number of anilines is 2. The maximum absolute atomic E-state index is 12.3. The largest absolute Gasteiger partial charge is 0.465 e. The van der Waals surface area contributed by atoms with Crippen LogP contribution >= 0.6 is 15.9 Å². The van der Waals surface area contributed by atoms with Crippen molar-refractivity contribution in [3.63, 3.8) is 0 Å². The van der Waals surface area contributed by atoms with E-state index in [-0.39, 0.29) is 18.9 Å². The molecule has 30 heavy (non-hydrogen) atoms. The van der Waals surface area contributed by atoms with Crippen molar-refractivity contribution in [2.45, 2.75) is 6.42 Å². The first-order chi connectivity index (χ1) is 14.4. The number of ether oxygens (including phenoxy) is 2. The van der Waals surface area contributed by atoms with E-state index in [0.29, 0.717) is 16.9 Å². The molecule has 1 heterocycles. The Labute approximate surface area is 181 Å². The van der Waals surface area contributed by atoms with E-state index >= 15 is 0 Å². The van der Waals surface area contributed by atoms with Crippen molar-refractivity contribution in [2.24, 2.45) is 5.92 Å². The molecule has 1 saturated heterocycles. The highest BCUT2D eigenvalue weighted by atomic mass is 79.9. The molecule has 2 aromatic rings. The number of carbonyl (C=O) groups is 4. The number of rotatable bonds is 6. The van der Waals surface area contributed by atoms with Crippen molar-refractivity contribution in [3.8, 4) is 0 Å². The minimum absolute atomic E-state index is 0.0332. The van der Waals surface area contributed by atoms with Crippen LogP contribution in [0.25, 0.3) is 0 Å². The Hall–Kier alpha value is -3.20. The summed E-state index contributed by atoms with van der Waals surface area (Å²) in [7, 11) is 1.28. The molecule has 0 saturated carbocycles. The molecule has 2 aromatic carbocycles. The lowest BCUT2D eigenvalue weighted by molar-refractivity contribution is -0.151. The fraction of sp³-hybridized carbons (Fsp3) is 0.238. The third-order valence-corrected chi connectivity index (χ3v) is 5.06. The number of hydrogen-bond acceptors (Lipinski definition) is 6. The summed E-state index contributed by atoms with van der Waals surface area (Å²) in [6.45, 7) is -0.267. The highest BCUT2D eigenvalue weighted by Crippen LogP contribution is 2.27. The first-order valence-electron chi connectivity index (χ1n) is 9.08. The highest BCUT2D eigenvalue weighted by Gasteiger charge is 2.36. The number of esters is 2. The van der Waals surface area contributed by atoms with Crippen molar-refractivity contribution in [2.75, 3.05) is 30.5 Å². The quantitative estimate of drug-likeness (QED) is 0.645. The van der Waals surface area contributed by atoms with E-state index in [2.05, 4.69) is 26.0 Å². The van der Waals surface area contributed by atoms with Gasteiger partial charge in [0.05, 0.1) is 18.6 Å². The molecule has 1 aliphatic rings. The summed E-state index contributed by atoms with van der Waals surface area (Å²) in [6.07, 6.45) is 0.0332. The molecule has 0 unspecified atom stereocenters. The number of nitrogens with zero attached hydrogens (tertiary/aromatic N) is 1. The molecule has 2 amide bonds. The number of nitrogens with one attached hydrogen (secondary N) is 1. The van der Waals surface area contributed by atoms with Crippen molar-refractivity contribution in [1.82, 2.24) is 0 Å². The molecule has 0 spiro atoms. The Morgan fingerprint density at radius 1 is 1.10 bits per heavy atom. The van der Waals surface area contributed by atoms with Gasteiger partial charge in [0, 0.05) is 28.8 Å². The molecule has 1 N–H and O–H groups in total. The van der Waals surface area contributed by atoms with Gasteiger partial charge in [0.25, 0.3) is 5.91 Å². The average Bonchev–Trinajstić information content (AvgIpc) is 3.14. The Morgan fingerprint density at radius 2 is 1.77 bits per heavy atom. The van der Waals surface area contributed by atoms with Crippen molar-refractivity contribution in [1.29, 1.82) is 0 Å². The van der Waals surface area contributed by atoms with E-state index in [1.54, 1.807) is 12.1 Å². The van der Waals surface area contributed by atoms with Gasteiger partial charge in [-0.2, -0.15) is 0 Å². The second-order valence-corrected chi connectivity index (χ2v) is 7.52. The highest BCUT2D eigenvalue weighted by molar-refractivity contribution is 9.10. The lowest BCUT2D eigenvalue weighted by Crippen LogP contribution is -2.28. The van der Waals surface area contributed by atoms with Crippen molar-refractivity contribution in [3.05, 3.63) is 58.6 Å². The van der Waals surface area contributed by atoms with Gasteiger partial charge in [-0.15, -0.1) is 0 Å². The molecular weight excluding hydrogens is 456 g/mol. The average molecular weight is 475 g/mol. The Kier molecular flexibility index (Phi) is 6.83. The van der Waals surface area contributed by atoms with Crippen LogP contribution in [0.1, 0.15) is 16.8 Å². The molecule has 0 bridgehead atoms. The number of methoxy groups -OCH3 is 1. The van der Waals surface area contributed by atoms with E-state index in [9.17, 15) is 19.2 Å². The minimum Gasteiger partial charge on any atom is -0.465 e. The topological polar surface area (TPSA) is 102 Å². The molecule has 1 atom stereocenters. The fourth-order valence-corrected chi connectivity index (χ4v) is 3.26. The predicted molar refractivity (Wildman–Crippen MR) is 112 cm³/mol. The van der Waals surface area contributed by atoms with E-state index in [4.69, 9.17) is 4.74 Å². The van der Waals surface area contributed by atoms with Gasteiger partial charge in [0.2, 0.25) is 5.91 Å². The molecule has 1 fully saturated rings. The van der Waals surface area contributed by atoms with Crippen LogP contribution in [0.4, 0.5) is 11.4 Å². The van der Waals surface area contributed by atoms with Gasteiger partial charge in [-0.05, 0) is 48.5 Å². The summed E-state index contributed by atoms with van der Waals surface area (Å²) in [5.41, 5.74) is 1.50. The fourth-order valence-electron chi connectivity index (χ4n) is 3.00. The van der Waals surface area contributed by atoms with Crippen LogP contribution in [0, 0.1) is 5.92 Å². The standard InChI is InChI=1S/C21H19BrN2O6/c1-29-20(27)13-2-6-16(7-3-13)23-18(25)12-30-21(28)14-10-19(26)24(11-14)17-8-4-15(22)5-9-17/h2-9,14H,10-12H2,1H3,(H,23,25)/t14-/m0/s1. The van der Waals surface area contributed by atoms with E-state index in [1.165, 1.54) is 36.3 Å². The number of halogens is 1. The maximum Gasteiger partial charge on any atom is 0.337 e. The summed E-state index contributed by atoms with van der Waals surface area (Å²) in [5.74, 6) is -2.41. The Balaban J connectivity index is 1.49. The number of hydrogen-bond donors (Lipinski definition) is 1. The zero-order valence-corrected chi connectivity index (χ0v) is 17.7. The maximum atomic E-state index is 12.3. The Bertz CT molecular complexity index is 958. The smallest absolute Gasteiger partial charge is 0.337 e. The monoisotopic (exact) mass is 474 g/mol. The van der Waals surface area contributed by atoms with Crippen LogP contribution in [0.3, 0.4) is 0 Å². The lowest BCUT2D eigenvalue weighted by atomic mass is 10.1. The molecule has 156 valence electrons. The van der Waals surface area contributed by atoms with Gasteiger partial charge in [0.1, 0.15) is 0 Å². The van der Waals surface area contributed by atoms with Crippen LogP contribution < -0.4 is 10.2 Å². The second kappa shape index (κ2) is 9.53. The van der Waals surface area contributed by atoms with Gasteiger partial charge in [-0.1, -0.05) is 15.9 Å². The summed E-state index contributed by atoms with van der Waals surface area (Å²) < 4.78 is 10.6. The number of carbonyl (C=O) groups excluding carboxylic acids is 4. The van der Waals surface area contributed by atoms with E-state index in [1.807, 2.05) is 12.1 Å². The Morgan fingerprint density at radius 3 is 2.40 bits per heavy atom. The summed E-state index contributed by atoms with van der Waals surface area (Å²) >= 11 is 3.34. The SMILES string of the molecule is COC(=O)c1ccc(NC(=O)COC(=O)[C@H]2CC(=O)N(c3ccc(Br)cc3)C2)cc1. The van der Waals surface area contributed by atoms with Crippen LogP contribution in [0.15, 0.2) is 53.0 Å². The van der Waals surface area contributed by atoms with Gasteiger partial charge in [-0.25, -0.2) is 4.79 Å². The van der Waals surface area contributed by atoms with Gasteiger partial charge >= 0.3 is 11.9 Å². The summed E-state index contributed by atoms with van der Waals surface area (Å²) in [4.78, 5) is 49.5. The van der Waals surface area contributed by atoms with Crippen LogP contribution in [-0.4, -0.2) is 44.0 Å². The second-order valence-electron chi connectivity index (χ2n) is 6.61. The minimum atomic E-state index is -0.631. The number of benzene rings is 2. The zero-order valence-electron chi connectivity index (χ0n) is 16.1. The third kappa shape index (κ3) is 5.24. The zero-order chi connectivity index (χ0) is 21.7. The molecule has 0 radical (unpaired) electrons. The van der Waals surface area contributed by atoms with Gasteiger partial charge in [-0.3, -0.25) is 14.4 Å². The molecule has 1 aliphatic heterocycles. The lowest BCUT2D eigenvalue weighted by Gasteiger charge is -2.16. The molecule has 0 aliphatic carbocycles. The molecule has 3 rings (SSSR count). The first-order valence-corrected chi connectivity index (χ1v) is 9.87. The first kappa shape index (κ1) is 21.5. The van der Waals surface area contributed by atoms with Crippen LogP contribution in [-0.2, 0) is 23.9 Å². The molecular formula is C21H19BrN2O6.